The van der Waals surface area contributed by atoms with Gasteiger partial charge in [-0.15, -0.1) is 0 Å². The molecular weight excluding hydrogens is 348 g/mol. The quantitative estimate of drug-likeness (QED) is 0.550. The van der Waals surface area contributed by atoms with E-state index in [0.29, 0.717) is 0 Å². The fourth-order valence-electron chi connectivity index (χ4n) is 4.53. The number of hydrogen-bond donors (Lipinski definition) is 0. The maximum absolute atomic E-state index is 5.06. The first kappa shape index (κ1) is 17.3. The molecule has 3 aromatic heterocycles. The summed E-state index contributed by atoms with van der Waals surface area (Å²) >= 11 is 0. The molecule has 0 aliphatic heterocycles. The Kier molecular flexibility index (Phi) is 3.96. The van der Waals surface area contributed by atoms with Crippen molar-refractivity contribution >= 4 is 16.7 Å². The van der Waals surface area contributed by atoms with Crippen LogP contribution in [0.1, 0.15) is 52.6 Å². The molecule has 0 bridgehead atoms. The molecule has 1 aliphatic rings. The molecule has 0 amide bonds. The lowest BCUT2D eigenvalue weighted by molar-refractivity contribution is 0.685. The van der Waals surface area contributed by atoms with Crippen molar-refractivity contribution in [2.24, 2.45) is 7.05 Å². The van der Waals surface area contributed by atoms with Crippen LogP contribution in [0.2, 0.25) is 0 Å². The summed E-state index contributed by atoms with van der Waals surface area (Å²) in [6, 6.07) is 2.32. The lowest BCUT2D eigenvalue weighted by Gasteiger charge is -2.18. The van der Waals surface area contributed by atoms with Gasteiger partial charge in [0, 0.05) is 26.1 Å². The number of benzene rings is 1. The molecule has 144 valence electrons. The summed E-state index contributed by atoms with van der Waals surface area (Å²) in [5.41, 5.74) is 9.65. The lowest BCUT2D eigenvalue weighted by Crippen LogP contribution is -2.06. The number of hydrogen-bond acceptors (Lipinski definition) is 4. The van der Waals surface area contributed by atoms with E-state index in [1.807, 2.05) is 24.6 Å². The van der Waals surface area contributed by atoms with E-state index in [-0.39, 0.29) is 0 Å². The summed E-state index contributed by atoms with van der Waals surface area (Å²) in [5.74, 6) is 1.96. The van der Waals surface area contributed by atoms with Crippen molar-refractivity contribution in [3.8, 4) is 0 Å². The number of imidazole rings is 1. The summed E-state index contributed by atoms with van der Waals surface area (Å²) in [7, 11) is 2.13. The van der Waals surface area contributed by atoms with Gasteiger partial charge in [0.15, 0.2) is 11.5 Å². The molecule has 3 heterocycles. The number of nitrogens with zero attached hydrogens (tertiary/aromatic N) is 6. The summed E-state index contributed by atoms with van der Waals surface area (Å²) in [4.78, 5) is 14.2. The normalized spacial score (nSPS) is 14.1. The van der Waals surface area contributed by atoms with Gasteiger partial charge in [0.25, 0.3) is 0 Å². The maximum Gasteiger partial charge on any atom is 0.177 e. The monoisotopic (exact) mass is 374 g/mol. The molecule has 0 fully saturated rings. The summed E-state index contributed by atoms with van der Waals surface area (Å²) in [5, 5.41) is 4.68. The van der Waals surface area contributed by atoms with Crippen molar-refractivity contribution in [2.45, 2.75) is 59.3 Å². The van der Waals surface area contributed by atoms with Crippen LogP contribution in [0.3, 0.4) is 0 Å². The zero-order valence-corrected chi connectivity index (χ0v) is 17.1. The van der Waals surface area contributed by atoms with Gasteiger partial charge in [0.05, 0.1) is 22.4 Å². The van der Waals surface area contributed by atoms with E-state index in [1.165, 1.54) is 47.0 Å². The molecule has 0 atom stereocenters. The average molecular weight is 374 g/mol. The smallest absolute Gasteiger partial charge is 0.177 e. The molecule has 0 N–H and O–H groups in total. The molecule has 6 heteroatoms. The highest BCUT2D eigenvalue weighted by Crippen LogP contribution is 2.31. The minimum atomic E-state index is 0.777. The molecule has 0 unspecified atom stereocenters. The third-order valence-electron chi connectivity index (χ3n) is 6.14. The average Bonchev–Trinajstić information content (AvgIpc) is 3.27. The van der Waals surface area contributed by atoms with Crippen molar-refractivity contribution in [1.82, 2.24) is 29.1 Å². The standard InChI is InChI=1S/C22H26N6/c1-13-11-18-21(17-8-6-5-7-16(13)17)25-20(27(18)4)10-9-19-24-22-15(3)23-12-14(2)28(22)26-19/h11-12H,5-10H2,1-4H3. The van der Waals surface area contributed by atoms with Crippen LogP contribution in [-0.4, -0.2) is 29.1 Å². The Bertz CT molecular complexity index is 1170. The van der Waals surface area contributed by atoms with E-state index in [4.69, 9.17) is 9.97 Å². The number of fused-ring (bicyclic) bond motifs is 4. The predicted octanol–water partition coefficient (Wildman–Crippen LogP) is 3.60. The Morgan fingerprint density at radius 1 is 1.00 bits per heavy atom. The molecule has 5 rings (SSSR count). The van der Waals surface area contributed by atoms with E-state index in [9.17, 15) is 0 Å². The van der Waals surface area contributed by atoms with Crippen LogP contribution in [0, 0.1) is 20.8 Å². The highest BCUT2D eigenvalue weighted by molar-refractivity contribution is 5.82. The van der Waals surface area contributed by atoms with Gasteiger partial charge >= 0.3 is 0 Å². The largest absolute Gasteiger partial charge is 0.331 e. The summed E-state index contributed by atoms with van der Waals surface area (Å²) in [6.45, 7) is 6.23. The first-order valence-corrected chi connectivity index (χ1v) is 10.2. The predicted molar refractivity (Wildman–Crippen MR) is 110 cm³/mol. The molecule has 0 saturated carbocycles. The van der Waals surface area contributed by atoms with Crippen molar-refractivity contribution in [1.29, 1.82) is 0 Å². The van der Waals surface area contributed by atoms with E-state index in [0.717, 1.165) is 47.9 Å². The molecule has 0 radical (unpaired) electrons. The van der Waals surface area contributed by atoms with Gasteiger partial charge < -0.3 is 4.57 Å². The van der Waals surface area contributed by atoms with Crippen molar-refractivity contribution in [2.75, 3.05) is 0 Å². The van der Waals surface area contributed by atoms with Gasteiger partial charge in [-0.3, -0.25) is 4.98 Å². The Labute approximate surface area is 164 Å². The van der Waals surface area contributed by atoms with E-state index in [1.54, 1.807) is 0 Å². The second-order valence-electron chi connectivity index (χ2n) is 8.06. The van der Waals surface area contributed by atoms with Crippen molar-refractivity contribution in [3.05, 3.63) is 52.0 Å². The number of aromatic nitrogens is 6. The zero-order chi connectivity index (χ0) is 19.4. The summed E-state index contributed by atoms with van der Waals surface area (Å²) < 4.78 is 4.15. The molecular formula is C22H26N6. The highest BCUT2D eigenvalue weighted by atomic mass is 15.3. The van der Waals surface area contributed by atoms with Crippen LogP contribution in [0.15, 0.2) is 12.3 Å². The van der Waals surface area contributed by atoms with E-state index >= 15 is 0 Å². The van der Waals surface area contributed by atoms with Crippen LogP contribution in [0.4, 0.5) is 0 Å². The second kappa shape index (κ2) is 6.40. The molecule has 0 spiro atoms. The van der Waals surface area contributed by atoms with Crippen molar-refractivity contribution < 1.29 is 0 Å². The molecule has 6 nitrogen and oxygen atoms in total. The van der Waals surface area contributed by atoms with Crippen LogP contribution in [-0.2, 0) is 32.7 Å². The Morgan fingerprint density at radius 3 is 2.57 bits per heavy atom. The van der Waals surface area contributed by atoms with Crippen LogP contribution in [0.25, 0.3) is 16.7 Å². The van der Waals surface area contributed by atoms with Gasteiger partial charge in [0.1, 0.15) is 5.82 Å². The van der Waals surface area contributed by atoms with Crippen LogP contribution < -0.4 is 0 Å². The Hall–Kier alpha value is -2.76. The SMILES string of the molecule is Cc1cc2c(nc(CCc3nc4c(C)ncc(C)n4n3)n2C)c2c1CCCC2. The van der Waals surface area contributed by atoms with Gasteiger partial charge in [0.2, 0.25) is 0 Å². The fourth-order valence-corrected chi connectivity index (χ4v) is 4.53. The third kappa shape index (κ3) is 2.62. The molecule has 28 heavy (non-hydrogen) atoms. The van der Waals surface area contributed by atoms with E-state index in [2.05, 4.69) is 34.7 Å². The molecule has 0 saturated heterocycles. The lowest BCUT2D eigenvalue weighted by atomic mass is 9.87. The topological polar surface area (TPSA) is 60.9 Å². The number of aryl methyl sites for hydroxylation is 7. The fraction of sp³-hybridized carbons (Fsp3) is 0.455. The third-order valence-corrected chi connectivity index (χ3v) is 6.14. The Morgan fingerprint density at radius 2 is 1.79 bits per heavy atom. The van der Waals surface area contributed by atoms with Gasteiger partial charge in [-0.05, 0) is 69.2 Å². The van der Waals surface area contributed by atoms with Crippen LogP contribution in [0.5, 0.6) is 0 Å². The molecule has 4 aromatic rings. The second-order valence-corrected chi connectivity index (χ2v) is 8.06. The minimum absolute atomic E-state index is 0.777. The molecule has 1 aromatic carbocycles. The van der Waals surface area contributed by atoms with Crippen LogP contribution >= 0.6 is 0 Å². The van der Waals surface area contributed by atoms with Gasteiger partial charge in [-0.25, -0.2) is 14.5 Å². The van der Waals surface area contributed by atoms with Gasteiger partial charge in [-0.1, -0.05) is 0 Å². The minimum Gasteiger partial charge on any atom is -0.331 e. The Balaban J connectivity index is 1.50. The first-order chi connectivity index (χ1) is 13.5. The molecule has 1 aliphatic carbocycles. The van der Waals surface area contributed by atoms with E-state index < -0.39 is 0 Å². The maximum atomic E-state index is 5.06. The number of rotatable bonds is 3. The van der Waals surface area contributed by atoms with Gasteiger partial charge in [-0.2, -0.15) is 5.10 Å². The zero-order valence-electron chi connectivity index (χ0n) is 17.1. The highest BCUT2D eigenvalue weighted by Gasteiger charge is 2.20. The first-order valence-electron chi connectivity index (χ1n) is 10.2. The van der Waals surface area contributed by atoms with Crippen molar-refractivity contribution in [3.63, 3.8) is 0 Å². The summed E-state index contributed by atoms with van der Waals surface area (Å²) in [6.07, 6.45) is 8.38.